The number of hydrogen-bond acceptors (Lipinski definition) is 3. The van der Waals surface area contributed by atoms with E-state index >= 15 is 0 Å². The standard InChI is InChI=1S/C6H5N3O2/c7-1-3-9-4-2-8-5(9)6(10)11/h2,4H,3H2,(H,10,11). The average molecular weight is 151 g/mol. The minimum absolute atomic E-state index is 0.0155. The van der Waals surface area contributed by atoms with Crippen LogP contribution in [0.15, 0.2) is 12.4 Å². The van der Waals surface area contributed by atoms with Crippen molar-refractivity contribution in [3.8, 4) is 6.07 Å². The number of aromatic nitrogens is 2. The smallest absolute Gasteiger partial charge is 0.372 e. The van der Waals surface area contributed by atoms with Crippen LogP contribution in [0.1, 0.15) is 10.6 Å². The maximum Gasteiger partial charge on any atom is 0.372 e. The van der Waals surface area contributed by atoms with Gasteiger partial charge in [0.2, 0.25) is 5.82 Å². The Bertz CT molecular complexity index is 310. The Labute approximate surface area is 62.5 Å². The lowest BCUT2D eigenvalue weighted by molar-refractivity contribution is 0.0679. The third-order valence-corrected chi connectivity index (χ3v) is 1.15. The lowest BCUT2D eigenvalue weighted by Gasteiger charge is -1.95. The van der Waals surface area contributed by atoms with Gasteiger partial charge in [0, 0.05) is 12.4 Å². The minimum Gasteiger partial charge on any atom is -0.475 e. The Morgan fingerprint density at radius 3 is 3.18 bits per heavy atom. The van der Waals surface area contributed by atoms with E-state index < -0.39 is 5.97 Å². The highest BCUT2D eigenvalue weighted by atomic mass is 16.4. The second-order valence-corrected chi connectivity index (χ2v) is 1.84. The molecule has 1 N–H and O–H groups in total. The fourth-order valence-corrected chi connectivity index (χ4v) is 0.711. The first-order valence-corrected chi connectivity index (χ1v) is 2.87. The highest BCUT2D eigenvalue weighted by Crippen LogP contribution is 1.95. The largest absolute Gasteiger partial charge is 0.475 e. The first kappa shape index (κ1) is 7.28. The molecule has 1 heterocycles. The summed E-state index contributed by atoms with van der Waals surface area (Å²) in [6.45, 7) is 0.0155. The molecule has 1 aromatic rings. The number of aromatic carboxylic acids is 1. The summed E-state index contributed by atoms with van der Waals surface area (Å²) in [4.78, 5) is 13.9. The maximum atomic E-state index is 10.4. The van der Waals surface area contributed by atoms with Crippen molar-refractivity contribution in [2.75, 3.05) is 0 Å². The summed E-state index contributed by atoms with van der Waals surface area (Å²) in [5.74, 6) is -1.23. The van der Waals surface area contributed by atoms with E-state index in [1.54, 1.807) is 0 Å². The van der Waals surface area contributed by atoms with Gasteiger partial charge in [-0.15, -0.1) is 0 Å². The maximum absolute atomic E-state index is 10.4. The molecule has 0 spiro atoms. The van der Waals surface area contributed by atoms with Crippen molar-refractivity contribution in [1.29, 1.82) is 5.26 Å². The molecular weight excluding hydrogens is 146 g/mol. The van der Waals surface area contributed by atoms with Crippen molar-refractivity contribution in [3.63, 3.8) is 0 Å². The number of nitrogens with zero attached hydrogens (tertiary/aromatic N) is 3. The molecule has 11 heavy (non-hydrogen) atoms. The minimum atomic E-state index is -1.12. The summed E-state index contributed by atoms with van der Waals surface area (Å²) in [5, 5.41) is 16.7. The fraction of sp³-hybridized carbons (Fsp3) is 0.167. The van der Waals surface area contributed by atoms with E-state index in [0.29, 0.717) is 0 Å². The second kappa shape index (κ2) is 2.84. The van der Waals surface area contributed by atoms with Crippen molar-refractivity contribution in [3.05, 3.63) is 18.2 Å². The van der Waals surface area contributed by atoms with Crippen LogP contribution in [0.2, 0.25) is 0 Å². The number of carboxylic acids is 1. The van der Waals surface area contributed by atoms with Crippen LogP contribution in [0.25, 0.3) is 0 Å². The Balaban J connectivity index is 2.98. The first-order chi connectivity index (χ1) is 5.25. The zero-order valence-electron chi connectivity index (χ0n) is 5.56. The fourth-order valence-electron chi connectivity index (χ4n) is 0.711. The van der Waals surface area contributed by atoms with Crippen molar-refractivity contribution in [2.45, 2.75) is 6.54 Å². The monoisotopic (exact) mass is 151 g/mol. The molecular formula is C6H5N3O2. The molecule has 0 radical (unpaired) electrons. The van der Waals surface area contributed by atoms with Crippen LogP contribution in [0.5, 0.6) is 0 Å². The van der Waals surface area contributed by atoms with Gasteiger partial charge in [0.25, 0.3) is 0 Å². The topological polar surface area (TPSA) is 78.9 Å². The molecule has 5 heteroatoms. The Hall–Kier alpha value is -1.83. The van der Waals surface area contributed by atoms with Gasteiger partial charge in [0.05, 0.1) is 6.07 Å². The van der Waals surface area contributed by atoms with E-state index in [2.05, 4.69) is 4.98 Å². The highest BCUT2D eigenvalue weighted by molar-refractivity contribution is 5.83. The molecule has 0 aromatic carbocycles. The van der Waals surface area contributed by atoms with Gasteiger partial charge in [-0.25, -0.2) is 9.78 Å². The van der Waals surface area contributed by atoms with Crippen molar-refractivity contribution >= 4 is 5.97 Å². The van der Waals surface area contributed by atoms with Gasteiger partial charge >= 0.3 is 5.97 Å². The summed E-state index contributed by atoms with van der Waals surface area (Å²) in [7, 11) is 0. The predicted molar refractivity (Wildman–Crippen MR) is 34.8 cm³/mol. The lowest BCUT2D eigenvalue weighted by Crippen LogP contribution is -2.08. The summed E-state index contributed by atoms with van der Waals surface area (Å²) in [6, 6.07) is 1.83. The molecule has 56 valence electrons. The van der Waals surface area contributed by atoms with Gasteiger partial charge < -0.3 is 9.67 Å². The highest BCUT2D eigenvalue weighted by Gasteiger charge is 2.08. The molecule has 0 saturated heterocycles. The number of hydrogen-bond donors (Lipinski definition) is 1. The van der Waals surface area contributed by atoms with Crippen molar-refractivity contribution in [2.24, 2.45) is 0 Å². The van der Waals surface area contributed by atoms with E-state index in [0.717, 1.165) is 0 Å². The molecule has 0 atom stereocenters. The SMILES string of the molecule is N#CCn1ccnc1C(=O)O. The van der Waals surface area contributed by atoms with Gasteiger partial charge in [-0.2, -0.15) is 5.26 Å². The van der Waals surface area contributed by atoms with E-state index in [1.165, 1.54) is 17.0 Å². The number of nitriles is 1. The molecule has 0 bridgehead atoms. The van der Waals surface area contributed by atoms with Crippen LogP contribution in [0.3, 0.4) is 0 Å². The molecule has 0 aliphatic heterocycles. The van der Waals surface area contributed by atoms with Crippen LogP contribution >= 0.6 is 0 Å². The van der Waals surface area contributed by atoms with Crippen LogP contribution in [0, 0.1) is 11.3 Å². The molecule has 0 aliphatic rings. The molecule has 0 unspecified atom stereocenters. The third kappa shape index (κ3) is 1.35. The van der Waals surface area contributed by atoms with E-state index in [1.807, 2.05) is 6.07 Å². The Kier molecular flexibility index (Phi) is 1.88. The van der Waals surface area contributed by atoms with Gasteiger partial charge in [0.1, 0.15) is 6.54 Å². The molecule has 0 aliphatic carbocycles. The first-order valence-electron chi connectivity index (χ1n) is 2.87. The Morgan fingerprint density at radius 1 is 1.91 bits per heavy atom. The molecule has 5 nitrogen and oxygen atoms in total. The average Bonchev–Trinajstić information content (AvgIpc) is 2.36. The zero-order chi connectivity index (χ0) is 8.27. The zero-order valence-corrected chi connectivity index (χ0v) is 5.56. The van der Waals surface area contributed by atoms with Crippen LogP contribution < -0.4 is 0 Å². The van der Waals surface area contributed by atoms with Crippen LogP contribution in [-0.2, 0) is 6.54 Å². The molecule has 0 fully saturated rings. The van der Waals surface area contributed by atoms with Gasteiger partial charge in [-0.05, 0) is 0 Å². The van der Waals surface area contributed by atoms with Crippen molar-refractivity contribution in [1.82, 2.24) is 9.55 Å². The normalized spacial score (nSPS) is 9.00. The van der Waals surface area contributed by atoms with Gasteiger partial charge in [0.15, 0.2) is 0 Å². The van der Waals surface area contributed by atoms with E-state index in [9.17, 15) is 4.79 Å². The van der Waals surface area contributed by atoms with E-state index in [4.69, 9.17) is 10.4 Å². The quantitative estimate of drug-likeness (QED) is 0.650. The molecule has 0 amide bonds. The number of imidazole rings is 1. The molecule has 1 rings (SSSR count). The number of carbonyl (C=O) groups is 1. The molecule has 1 aromatic heterocycles. The summed E-state index contributed by atoms with van der Waals surface area (Å²) >= 11 is 0. The third-order valence-electron chi connectivity index (χ3n) is 1.15. The predicted octanol–water partition coefficient (Wildman–Crippen LogP) is 0.105. The second-order valence-electron chi connectivity index (χ2n) is 1.84. The summed E-state index contributed by atoms with van der Waals surface area (Å²) in [6.07, 6.45) is 2.80. The van der Waals surface area contributed by atoms with Crippen LogP contribution in [0.4, 0.5) is 0 Å². The van der Waals surface area contributed by atoms with E-state index in [-0.39, 0.29) is 12.4 Å². The molecule has 0 saturated carbocycles. The van der Waals surface area contributed by atoms with Crippen molar-refractivity contribution < 1.29 is 9.90 Å². The summed E-state index contributed by atoms with van der Waals surface area (Å²) in [5.41, 5.74) is 0. The number of rotatable bonds is 2. The van der Waals surface area contributed by atoms with Gasteiger partial charge in [-0.3, -0.25) is 0 Å². The summed E-state index contributed by atoms with van der Waals surface area (Å²) < 4.78 is 1.27. The van der Waals surface area contributed by atoms with Gasteiger partial charge in [-0.1, -0.05) is 0 Å². The lowest BCUT2D eigenvalue weighted by atomic mass is 10.6. The Morgan fingerprint density at radius 2 is 2.64 bits per heavy atom. The van der Waals surface area contributed by atoms with Crippen LogP contribution in [-0.4, -0.2) is 20.6 Å². The number of carboxylic acid groups (broad SMARTS) is 1.